The molecule has 0 fully saturated rings. The molecule has 1 amide bonds. The van der Waals surface area contributed by atoms with Crippen molar-refractivity contribution in [1.29, 1.82) is 0 Å². The van der Waals surface area contributed by atoms with E-state index in [0.29, 0.717) is 0 Å². The second-order valence-electron chi connectivity index (χ2n) is 3.22. The van der Waals surface area contributed by atoms with Gasteiger partial charge in [-0.2, -0.15) is 22.0 Å². The van der Waals surface area contributed by atoms with Crippen molar-refractivity contribution in [2.45, 2.75) is 12.1 Å². The van der Waals surface area contributed by atoms with Crippen LogP contribution in [0.3, 0.4) is 0 Å². The highest BCUT2D eigenvalue weighted by molar-refractivity contribution is 6.30. The van der Waals surface area contributed by atoms with Gasteiger partial charge in [0.05, 0.1) is 5.56 Å². The molecule has 0 radical (unpaired) electrons. The summed E-state index contributed by atoms with van der Waals surface area (Å²) in [6.07, 6.45) is -4.90. The number of rotatable bonds is 2. The van der Waals surface area contributed by atoms with Crippen LogP contribution < -0.4 is 5.84 Å². The van der Waals surface area contributed by atoms with Gasteiger partial charge in [0.1, 0.15) is 10.8 Å². The number of halogens is 7. The van der Waals surface area contributed by atoms with Crippen LogP contribution >= 0.6 is 11.6 Å². The summed E-state index contributed by atoms with van der Waals surface area (Å²) in [5.74, 6) is -2.84. The number of pyridine rings is 1. The standard InChI is InChI=1S/C8H4ClF6N3O/c9-5-3(8(12,13)14)1-2-4(17-5)7(10,11)6(19)18(15)16/h1-2H,16H2. The summed E-state index contributed by atoms with van der Waals surface area (Å²) in [5.41, 5.74) is -2.92. The fraction of sp³-hybridized carbons (Fsp3) is 0.250. The third-order valence-electron chi connectivity index (χ3n) is 1.94. The van der Waals surface area contributed by atoms with Gasteiger partial charge in [0.25, 0.3) is 0 Å². The summed E-state index contributed by atoms with van der Waals surface area (Å²) >= 11 is 5.09. The monoisotopic (exact) mass is 307 g/mol. The molecule has 1 heterocycles. The highest BCUT2D eigenvalue weighted by Gasteiger charge is 2.47. The summed E-state index contributed by atoms with van der Waals surface area (Å²) in [5, 5.41) is -2.69. The molecule has 0 aliphatic heterocycles. The molecule has 11 heteroatoms. The van der Waals surface area contributed by atoms with Gasteiger partial charge in [0.15, 0.2) is 0 Å². The zero-order valence-electron chi connectivity index (χ0n) is 8.68. The van der Waals surface area contributed by atoms with Crippen LogP contribution in [0.15, 0.2) is 12.1 Å². The molecule has 0 saturated carbocycles. The maximum Gasteiger partial charge on any atom is 0.419 e. The van der Waals surface area contributed by atoms with Crippen LogP contribution in [-0.4, -0.2) is 16.1 Å². The molecule has 19 heavy (non-hydrogen) atoms. The van der Waals surface area contributed by atoms with Crippen LogP contribution in [0.1, 0.15) is 11.3 Å². The molecular weight excluding hydrogens is 304 g/mol. The molecule has 0 saturated heterocycles. The number of nitrogens with two attached hydrogens (primary N) is 1. The van der Waals surface area contributed by atoms with E-state index >= 15 is 0 Å². The van der Waals surface area contributed by atoms with Crippen molar-refractivity contribution in [3.8, 4) is 0 Å². The van der Waals surface area contributed by atoms with E-state index in [1.54, 1.807) is 0 Å². The fourth-order valence-corrected chi connectivity index (χ4v) is 1.33. The Balaban J connectivity index is 3.25. The fourth-order valence-electron chi connectivity index (χ4n) is 1.06. The highest BCUT2D eigenvalue weighted by Crippen LogP contribution is 2.36. The Morgan fingerprint density at radius 3 is 2.16 bits per heavy atom. The second kappa shape index (κ2) is 4.85. The van der Waals surface area contributed by atoms with Crippen molar-refractivity contribution >= 4 is 17.5 Å². The summed E-state index contributed by atoms with van der Waals surface area (Å²) in [6.45, 7) is 0. The van der Waals surface area contributed by atoms with E-state index in [-0.39, 0.29) is 12.1 Å². The molecule has 0 aliphatic carbocycles. The maximum atomic E-state index is 13.3. The molecule has 1 aromatic heterocycles. The number of carbonyl (C=O) groups is 1. The first-order valence-electron chi connectivity index (χ1n) is 4.35. The molecule has 0 spiro atoms. The van der Waals surface area contributed by atoms with Crippen LogP contribution in [0.25, 0.3) is 0 Å². The van der Waals surface area contributed by atoms with E-state index < -0.39 is 39.6 Å². The lowest BCUT2D eigenvalue weighted by atomic mass is 10.1. The Hall–Kier alpha value is -1.55. The number of hydrogen-bond acceptors (Lipinski definition) is 3. The predicted molar refractivity (Wildman–Crippen MR) is 50.3 cm³/mol. The van der Waals surface area contributed by atoms with E-state index in [2.05, 4.69) is 10.8 Å². The van der Waals surface area contributed by atoms with Crippen molar-refractivity contribution in [3.05, 3.63) is 28.5 Å². The van der Waals surface area contributed by atoms with Gasteiger partial charge in [0, 0.05) is 0 Å². The third kappa shape index (κ3) is 3.07. The molecular formula is C8H4ClF6N3O. The average Bonchev–Trinajstić information content (AvgIpc) is 2.25. The van der Waals surface area contributed by atoms with E-state index in [1.165, 1.54) is 0 Å². The summed E-state index contributed by atoms with van der Waals surface area (Å²) in [6, 6.07) is 0.404. The lowest BCUT2D eigenvalue weighted by Gasteiger charge is -2.17. The molecule has 0 atom stereocenters. The first kappa shape index (κ1) is 15.5. The van der Waals surface area contributed by atoms with Gasteiger partial charge in [-0.15, -0.1) is 5.23 Å². The van der Waals surface area contributed by atoms with Crippen molar-refractivity contribution in [2.75, 3.05) is 0 Å². The van der Waals surface area contributed by atoms with Gasteiger partial charge in [-0.05, 0) is 12.1 Å². The van der Waals surface area contributed by atoms with Gasteiger partial charge in [-0.3, -0.25) is 4.79 Å². The Kier molecular flexibility index (Phi) is 3.96. The van der Waals surface area contributed by atoms with Gasteiger partial charge >= 0.3 is 18.0 Å². The normalized spacial score (nSPS) is 12.4. The Morgan fingerprint density at radius 2 is 1.79 bits per heavy atom. The minimum absolute atomic E-state index is 0.199. The largest absolute Gasteiger partial charge is 0.419 e. The molecule has 2 N–H and O–H groups in total. The number of carbonyl (C=O) groups excluding carboxylic acids is 1. The summed E-state index contributed by atoms with van der Waals surface area (Å²) < 4.78 is 75.7. The lowest BCUT2D eigenvalue weighted by Crippen LogP contribution is -2.41. The van der Waals surface area contributed by atoms with Crippen LogP contribution in [0, 0.1) is 0 Å². The number of nitrogens with zero attached hydrogens (tertiary/aromatic N) is 2. The molecule has 106 valence electrons. The minimum Gasteiger partial charge on any atom is -0.263 e. The summed E-state index contributed by atoms with van der Waals surface area (Å²) in [7, 11) is 0. The summed E-state index contributed by atoms with van der Waals surface area (Å²) in [4.78, 5) is 13.5. The van der Waals surface area contributed by atoms with Gasteiger partial charge < -0.3 is 0 Å². The Bertz CT molecular complexity index is 504. The Morgan fingerprint density at radius 1 is 1.26 bits per heavy atom. The molecule has 1 aromatic rings. The number of hydrogen-bond donors (Lipinski definition) is 1. The van der Waals surface area contributed by atoms with E-state index in [4.69, 9.17) is 11.6 Å². The molecule has 0 aliphatic rings. The SMILES string of the molecule is NN(F)C(=O)C(F)(F)c1ccc(C(F)(F)F)c(Cl)n1. The van der Waals surface area contributed by atoms with Crippen molar-refractivity contribution in [1.82, 2.24) is 10.2 Å². The topological polar surface area (TPSA) is 59.2 Å². The smallest absolute Gasteiger partial charge is 0.263 e. The molecule has 0 unspecified atom stereocenters. The molecule has 0 bridgehead atoms. The van der Waals surface area contributed by atoms with Gasteiger partial charge in [-0.1, -0.05) is 16.1 Å². The molecule has 1 rings (SSSR count). The van der Waals surface area contributed by atoms with Crippen LogP contribution in [-0.2, 0) is 16.9 Å². The average molecular weight is 308 g/mol. The third-order valence-corrected chi connectivity index (χ3v) is 2.23. The zero-order valence-corrected chi connectivity index (χ0v) is 9.44. The van der Waals surface area contributed by atoms with Crippen molar-refractivity contribution < 1.29 is 31.2 Å². The van der Waals surface area contributed by atoms with Gasteiger partial charge in [0.2, 0.25) is 0 Å². The quantitative estimate of drug-likeness (QED) is 0.228. The minimum atomic E-state index is -4.90. The second-order valence-corrected chi connectivity index (χ2v) is 3.58. The lowest BCUT2D eigenvalue weighted by molar-refractivity contribution is -0.176. The van der Waals surface area contributed by atoms with Crippen LogP contribution in [0.5, 0.6) is 0 Å². The van der Waals surface area contributed by atoms with E-state index in [0.717, 1.165) is 0 Å². The van der Waals surface area contributed by atoms with Crippen LogP contribution in [0.4, 0.5) is 26.4 Å². The van der Waals surface area contributed by atoms with Crippen molar-refractivity contribution in [2.24, 2.45) is 5.84 Å². The van der Waals surface area contributed by atoms with E-state index in [9.17, 15) is 31.2 Å². The van der Waals surface area contributed by atoms with E-state index in [1.807, 2.05) is 0 Å². The number of hydrazine groups is 1. The molecule has 0 aromatic carbocycles. The first-order valence-corrected chi connectivity index (χ1v) is 4.72. The first-order chi connectivity index (χ1) is 8.48. The number of amides is 1. The highest BCUT2D eigenvalue weighted by atomic mass is 35.5. The van der Waals surface area contributed by atoms with Crippen molar-refractivity contribution in [3.63, 3.8) is 0 Å². The van der Waals surface area contributed by atoms with Crippen LogP contribution in [0.2, 0.25) is 5.15 Å². The van der Waals surface area contributed by atoms with Gasteiger partial charge in [-0.25, -0.2) is 10.8 Å². The number of alkyl halides is 5. The predicted octanol–water partition coefficient (Wildman–Crippen LogP) is 2.43. The zero-order chi connectivity index (χ0) is 15.0. The Labute approximate surface area is 106 Å². The number of aromatic nitrogens is 1. The maximum absolute atomic E-state index is 13.3. The molecule has 4 nitrogen and oxygen atoms in total.